The Hall–Kier alpha value is -3.24. The molecule has 0 radical (unpaired) electrons. The molecule has 0 aromatic heterocycles. The number of hydrogen-bond donors (Lipinski definition) is 1. The van der Waals surface area contributed by atoms with Crippen molar-refractivity contribution in [3.63, 3.8) is 0 Å². The van der Waals surface area contributed by atoms with Crippen molar-refractivity contribution in [3.05, 3.63) is 144 Å². The fourth-order valence-electron chi connectivity index (χ4n) is 5.79. The molecule has 0 aliphatic carbocycles. The molecule has 1 N–H and O–H groups in total. The average Bonchev–Trinajstić information content (AvgIpc) is 3.28. The second-order valence-electron chi connectivity index (χ2n) is 10.0. The van der Waals surface area contributed by atoms with E-state index in [1.165, 1.54) is 22.3 Å². The Balaban J connectivity index is 1.53. The minimum atomic E-state index is -0.351. The summed E-state index contributed by atoms with van der Waals surface area (Å²) >= 11 is 0. The molecule has 3 nitrogen and oxygen atoms in total. The number of aliphatic hydroxyl groups excluding tert-OH is 1. The maximum absolute atomic E-state index is 11.2. The van der Waals surface area contributed by atoms with Crippen molar-refractivity contribution in [1.82, 2.24) is 9.80 Å². The van der Waals surface area contributed by atoms with Crippen LogP contribution >= 0.6 is 0 Å². The Morgan fingerprint density at radius 3 is 1.56 bits per heavy atom. The molecule has 4 aromatic carbocycles. The summed E-state index contributed by atoms with van der Waals surface area (Å²) in [7, 11) is 0. The molecule has 2 unspecified atom stereocenters. The molecule has 0 bridgehead atoms. The van der Waals surface area contributed by atoms with Crippen LogP contribution in [0.4, 0.5) is 0 Å². The van der Waals surface area contributed by atoms with Crippen LogP contribution in [0.3, 0.4) is 0 Å². The van der Waals surface area contributed by atoms with E-state index < -0.39 is 0 Å². The molecule has 3 heteroatoms. The third-order valence-electron chi connectivity index (χ3n) is 7.73. The van der Waals surface area contributed by atoms with Gasteiger partial charge in [-0.25, -0.2) is 0 Å². The second kappa shape index (κ2) is 11.7. The molecular weight excluding hydrogens is 440 g/mol. The average molecular weight is 477 g/mol. The third kappa shape index (κ3) is 5.60. The van der Waals surface area contributed by atoms with Gasteiger partial charge in [0.25, 0.3) is 0 Å². The Labute approximate surface area is 215 Å². The molecule has 2 atom stereocenters. The van der Waals surface area contributed by atoms with Gasteiger partial charge in [0.2, 0.25) is 0 Å². The van der Waals surface area contributed by atoms with Gasteiger partial charge in [-0.2, -0.15) is 0 Å². The lowest BCUT2D eigenvalue weighted by molar-refractivity contribution is -0.0122. The zero-order valence-electron chi connectivity index (χ0n) is 20.9. The Morgan fingerprint density at radius 2 is 1.08 bits per heavy atom. The molecule has 1 heterocycles. The first-order chi connectivity index (χ1) is 17.8. The van der Waals surface area contributed by atoms with Crippen LogP contribution in [0.5, 0.6) is 0 Å². The van der Waals surface area contributed by atoms with E-state index in [-0.39, 0.29) is 18.2 Å². The molecule has 1 fully saturated rings. The van der Waals surface area contributed by atoms with Gasteiger partial charge in [0, 0.05) is 32.2 Å². The monoisotopic (exact) mass is 476 g/mol. The highest BCUT2D eigenvalue weighted by molar-refractivity contribution is 5.24. The molecular formula is C33H36N2O. The number of likely N-dealkylation sites (tertiary alicyclic amines) is 1. The predicted octanol–water partition coefficient (Wildman–Crippen LogP) is 5.94. The summed E-state index contributed by atoms with van der Waals surface area (Å²) in [5.41, 5.74) is 4.85. The maximum atomic E-state index is 11.2. The fourth-order valence-corrected chi connectivity index (χ4v) is 5.79. The van der Waals surface area contributed by atoms with Crippen LogP contribution in [0.25, 0.3) is 0 Å². The van der Waals surface area contributed by atoms with E-state index in [9.17, 15) is 5.11 Å². The quantitative estimate of drug-likeness (QED) is 0.307. The molecule has 0 spiro atoms. The van der Waals surface area contributed by atoms with Gasteiger partial charge in [0.1, 0.15) is 0 Å². The minimum absolute atomic E-state index is 0.134. The van der Waals surface area contributed by atoms with Crippen molar-refractivity contribution in [2.45, 2.75) is 44.1 Å². The van der Waals surface area contributed by atoms with E-state index in [0.29, 0.717) is 0 Å². The van der Waals surface area contributed by atoms with Crippen LogP contribution in [0.2, 0.25) is 0 Å². The van der Waals surface area contributed by atoms with Gasteiger partial charge < -0.3 is 5.11 Å². The first-order valence-electron chi connectivity index (χ1n) is 13.0. The largest absolute Gasteiger partial charge is 0.394 e. The Bertz CT molecular complexity index is 1140. The summed E-state index contributed by atoms with van der Waals surface area (Å²) in [6.07, 6.45) is 1.85. The smallest absolute Gasteiger partial charge is 0.0631 e. The molecule has 0 amide bonds. The summed E-state index contributed by atoms with van der Waals surface area (Å²) in [6, 6.07) is 43.1. The van der Waals surface area contributed by atoms with Gasteiger partial charge in [0.05, 0.1) is 12.1 Å². The highest BCUT2D eigenvalue weighted by Gasteiger charge is 2.50. The third-order valence-corrected chi connectivity index (χ3v) is 7.73. The van der Waals surface area contributed by atoms with E-state index in [1.807, 2.05) is 0 Å². The maximum Gasteiger partial charge on any atom is 0.0631 e. The van der Waals surface area contributed by atoms with E-state index in [4.69, 9.17) is 0 Å². The summed E-state index contributed by atoms with van der Waals surface area (Å²) in [6.45, 7) is 3.61. The fraction of sp³-hybridized carbons (Fsp3) is 0.273. The molecule has 36 heavy (non-hydrogen) atoms. The first-order valence-corrected chi connectivity index (χ1v) is 13.0. The van der Waals surface area contributed by atoms with Gasteiger partial charge in [-0.3, -0.25) is 9.80 Å². The normalized spacial score (nSPS) is 20.1. The minimum Gasteiger partial charge on any atom is -0.394 e. The second-order valence-corrected chi connectivity index (χ2v) is 10.0. The van der Waals surface area contributed by atoms with Gasteiger partial charge >= 0.3 is 0 Å². The Morgan fingerprint density at radius 1 is 0.639 bits per heavy atom. The first kappa shape index (κ1) is 24.5. The number of rotatable bonds is 10. The van der Waals surface area contributed by atoms with Gasteiger partial charge in [-0.1, -0.05) is 121 Å². The van der Waals surface area contributed by atoms with Crippen LogP contribution in [0.15, 0.2) is 121 Å². The predicted molar refractivity (Wildman–Crippen MR) is 147 cm³/mol. The van der Waals surface area contributed by atoms with Crippen molar-refractivity contribution < 1.29 is 5.11 Å². The summed E-state index contributed by atoms with van der Waals surface area (Å²) in [5.74, 6) is 0. The lowest BCUT2D eigenvalue weighted by atomic mass is 9.84. The van der Waals surface area contributed by atoms with E-state index in [0.717, 1.165) is 39.0 Å². The zero-order chi connectivity index (χ0) is 24.6. The number of hydrogen-bond acceptors (Lipinski definition) is 3. The Kier molecular flexibility index (Phi) is 7.92. The molecule has 184 valence electrons. The number of nitrogens with zero attached hydrogens (tertiary/aromatic N) is 2. The summed E-state index contributed by atoms with van der Waals surface area (Å²) in [5, 5.41) is 11.2. The van der Waals surface area contributed by atoms with Crippen LogP contribution in [-0.2, 0) is 26.1 Å². The standard InChI is InChI=1S/C33H36N2O/c36-27-33(35(25-30-17-9-3-10-18-30)26-31-19-11-4-12-20-31)21-22-34(24-29-15-7-2-8-16-29)32(33)23-28-13-5-1-6-14-28/h1-20,32,36H,21-27H2. The zero-order valence-corrected chi connectivity index (χ0v) is 20.9. The molecule has 1 aliphatic rings. The van der Waals surface area contributed by atoms with E-state index in [1.54, 1.807) is 0 Å². The number of benzene rings is 4. The molecule has 1 saturated heterocycles. The van der Waals surface area contributed by atoms with Crippen molar-refractivity contribution in [3.8, 4) is 0 Å². The van der Waals surface area contributed by atoms with Crippen LogP contribution in [0, 0.1) is 0 Å². The molecule has 4 aromatic rings. The van der Waals surface area contributed by atoms with E-state index >= 15 is 0 Å². The molecule has 5 rings (SSSR count). The van der Waals surface area contributed by atoms with Crippen LogP contribution in [-0.4, -0.2) is 39.6 Å². The van der Waals surface area contributed by atoms with Crippen LogP contribution < -0.4 is 0 Å². The molecule has 0 saturated carbocycles. The van der Waals surface area contributed by atoms with Gasteiger partial charge in [-0.05, 0) is 35.1 Å². The van der Waals surface area contributed by atoms with Gasteiger partial charge in [0.15, 0.2) is 0 Å². The van der Waals surface area contributed by atoms with Crippen molar-refractivity contribution in [1.29, 1.82) is 0 Å². The lowest BCUT2D eigenvalue weighted by Crippen LogP contribution is -2.59. The van der Waals surface area contributed by atoms with Crippen molar-refractivity contribution >= 4 is 0 Å². The van der Waals surface area contributed by atoms with E-state index in [2.05, 4.69) is 131 Å². The van der Waals surface area contributed by atoms with Gasteiger partial charge in [-0.15, -0.1) is 0 Å². The highest BCUT2D eigenvalue weighted by Crippen LogP contribution is 2.39. The summed E-state index contributed by atoms with van der Waals surface area (Å²) < 4.78 is 0. The number of aliphatic hydroxyl groups is 1. The van der Waals surface area contributed by atoms with Crippen LogP contribution in [0.1, 0.15) is 28.7 Å². The van der Waals surface area contributed by atoms with Crippen molar-refractivity contribution in [2.75, 3.05) is 13.2 Å². The summed E-state index contributed by atoms with van der Waals surface area (Å²) in [4.78, 5) is 5.15. The highest BCUT2D eigenvalue weighted by atomic mass is 16.3. The molecule has 1 aliphatic heterocycles. The topological polar surface area (TPSA) is 26.7 Å². The van der Waals surface area contributed by atoms with Crippen molar-refractivity contribution in [2.24, 2.45) is 0 Å². The SMILES string of the molecule is OCC1(N(Cc2ccccc2)Cc2ccccc2)CCN(Cc2ccccc2)C1Cc1ccccc1. The lowest BCUT2D eigenvalue weighted by Gasteiger charge is -2.46.